The summed E-state index contributed by atoms with van der Waals surface area (Å²) in [6.45, 7) is 2.44. The number of halogens is 1. The molecule has 0 radical (unpaired) electrons. The summed E-state index contributed by atoms with van der Waals surface area (Å²) in [6, 6.07) is 19.2. The summed E-state index contributed by atoms with van der Waals surface area (Å²) in [4.78, 5) is 21.3. The normalized spacial score (nSPS) is 14.1. The molecule has 1 atom stereocenters. The first-order valence-electron chi connectivity index (χ1n) is 11.4. The highest BCUT2D eigenvalue weighted by atomic mass is 35.5. The fourth-order valence-electron chi connectivity index (χ4n) is 4.06. The third kappa shape index (κ3) is 6.39. The quantitative estimate of drug-likeness (QED) is 0.468. The predicted molar refractivity (Wildman–Crippen MR) is 147 cm³/mol. The second-order valence-electron chi connectivity index (χ2n) is 8.42. The molecule has 4 rings (SSSR count). The third-order valence-corrected chi connectivity index (χ3v) is 6.32. The van der Waals surface area contributed by atoms with E-state index >= 15 is 0 Å². The number of benzene rings is 2. The number of pyridine rings is 1. The number of nitrogen functional groups attached to an aromatic ring is 1. The molecule has 35 heavy (non-hydrogen) atoms. The molecule has 7 nitrogen and oxygen atoms in total. The Balaban J connectivity index is 0.00000342. The monoisotopic (exact) mass is 513 g/mol. The molecule has 186 valence electrons. The predicted octanol–water partition coefficient (Wildman–Crippen LogP) is 4.25. The van der Waals surface area contributed by atoms with Crippen molar-refractivity contribution >= 4 is 42.6 Å². The van der Waals surface area contributed by atoms with Crippen molar-refractivity contribution in [1.29, 1.82) is 0 Å². The molecule has 3 N–H and O–H groups in total. The van der Waals surface area contributed by atoms with Gasteiger partial charge >= 0.3 is 0 Å². The van der Waals surface area contributed by atoms with Crippen LogP contribution >= 0.6 is 25.1 Å². The molecule has 0 saturated carbocycles. The van der Waals surface area contributed by atoms with E-state index in [1.54, 1.807) is 17.0 Å². The Morgan fingerprint density at radius 1 is 1.14 bits per heavy atom. The van der Waals surface area contributed by atoms with Gasteiger partial charge in [0.1, 0.15) is 23.5 Å². The molecule has 2 heterocycles. The van der Waals surface area contributed by atoms with Gasteiger partial charge in [-0.3, -0.25) is 4.79 Å². The first kappa shape index (κ1) is 26.7. The summed E-state index contributed by atoms with van der Waals surface area (Å²) in [5.74, 6) is 1.62. The van der Waals surface area contributed by atoms with Crippen molar-refractivity contribution < 1.29 is 9.53 Å². The van der Waals surface area contributed by atoms with Crippen molar-refractivity contribution in [3.63, 3.8) is 0 Å². The number of amides is 1. The minimum Gasteiger partial charge on any atom is -0.486 e. The lowest BCUT2D eigenvalue weighted by Crippen LogP contribution is -2.33. The molecule has 2 aromatic carbocycles. The van der Waals surface area contributed by atoms with Crippen molar-refractivity contribution in [2.24, 2.45) is 0 Å². The number of ether oxygens (including phenoxy) is 1. The van der Waals surface area contributed by atoms with Crippen molar-refractivity contribution in [2.75, 3.05) is 44.4 Å². The van der Waals surface area contributed by atoms with E-state index in [1.807, 2.05) is 55.4 Å². The van der Waals surface area contributed by atoms with Crippen LogP contribution in [0, 0.1) is 0 Å². The van der Waals surface area contributed by atoms with Crippen LogP contribution in [-0.2, 0) is 6.54 Å². The van der Waals surface area contributed by atoms with Gasteiger partial charge in [-0.2, -0.15) is 13.5 Å². The summed E-state index contributed by atoms with van der Waals surface area (Å²) in [6.07, 6.45) is 0.739. The highest BCUT2D eigenvalue weighted by Gasteiger charge is 2.26. The molecule has 1 aliphatic rings. The number of carbonyl (C=O) groups excluding carboxylic acids is 1. The molecule has 1 aromatic heterocycles. The largest absolute Gasteiger partial charge is 0.486 e. The second-order valence-corrected chi connectivity index (χ2v) is 8.83. The van der Waals surface area contributed by atoms with Crippen LogP contribution in [0.2, 0.25) is 5.02 Å². The van der Waals surface area contributed by atoms with Crippen molar-refractivity contribution in [3.05, 3.63) is 82.4 Å². The van der Waals surface area contributed by atoms with E-state index in [4.69, 9.17) is 22.1 Å². The lowest BCUT2D eigenvalue weighted by Gasteiger charge is -2.23. The lowest BCUT2D eigenvalue weighted by atomic mass is 10.1. The number of anilines is 2. The van der Waals surface area contributed by atoms with Crippen LogP contribution in [0.5, 0.6) is 5.75 Å². The summed E-state index contributed by atoms with van der Waals surface area (Å²) in [7, 11) is 3.84. The van der Waals surface area contributed by atoms with Gasteiger partial charge < -0.3 is 25.6 Å². The number of nitrogens with two attached hydrogens (primary N) is 1. The van der Waals surface area contributed by atoms with Crippen molar-refractivity contribution in [1.82, 2.24) is 15.2 Å². The Labute approximate surface area is 218 Å². The maximum absolute atomic E-state index is 13.2. The van der Waals surface area contributed by atoms with E-state index in [2.05, 4.69) is 22.4 Å². The standard InChI is InChI=1S/C26H30ClN5O2.H2S/c1-29-13-12-23(18-6-4-3-5-7-18)34-20-9-8-19(22(27)16-20)17-32-15-14-31(2)25-21(26(32)33)10-11-24(28)30-25;/h3-11,16,23,29H,12-15,17H2,1-2H3,(H2,28,30);1H2/t23-;/m0./s1. The molecule has 1 amide bonds. The Bertz CT molecular complexity index is 1150. The van der Waals surface area contributed by atoms with Gasteiger partial charge in [-0.1, -0.05) is 48.0 Å². The number of hydrogen-bond donors (Lipinski definition) is 2. The molecule has 0 bridgehead atoms. The Morgan fingerprint density at radius 3 is 2.63 bits per heavy atom. The molecule has 0 unspecified atom stereocenters. The van der Waals surface area contributed by atoms with E-state index in [-0.39, 0.29) is 25.5 Å². The Kier molecular flexibility index (Phi) is 9.26. The fraction of sp³-hybridized carbons (Fsp3) is 0.308. The molecule has 0 spiro atoms. The molecular weight excluding hydrogens is 482 g/mol. The molecule has 1 aliphatic heterocycles. The van der Waals surface area contributed by atoms with Crippen LogP contribution in [0.3, 0.4) is 0 Å². The highest BCUT2D eigenvalue weighted by molar-refractivity contribution is 7.59. The number of rotatable bonds is 8. The van der Waals surface area contributed by atoms with Crippen molar-refractivity contribution in [2.45, 2.75) is 19.1 Å². The third-order valence-electron chi connectivity index (χ3n) is 5.97. The smallest absolute Gasteiger partial charge is 0.257 e. The molecule has 0 saturated heterocycles. The zero-order chi connectivity index (χ0) is 24.1. The maximum Gasteiger partial charge on any atom is 0.257 e. The van der Waals surface area contributed by atoms with Crippen molar-refractivity contribution in [3.8, 4) is 5.75 Å². The van der Waals surface area contributed by atoms with Gasteiger partial charge in [0, 0.05) is 38.1 Å². The topological polar surface area (TPSA) is 83.7 Å². The average Bonchev–Trinajstić information content (AvgIpc) is 2.95. The number of nitrogens with one attached hydrogen (secondary N) is 1. The summed E-state index contributed by atoms with van der Waals surface area (Å²) >= 11 is 6.65. The number of hydrogen-bond acceptors (Lipinski definition) is 6. The first-order valence-corrected chi connectivity index (χ1v) is 11.8. The van der Waals surface area contributed by atoms with Gasteiger partial charge in [-0.05, 0) is 49.0 Å². The fourth-order valence-corrected chi connectivity index (χ4v) is 4.29. The van der Waals surface area contributed by atoms with E-state index in [0.717, 1.165) is 24.1 Å². The van der Waals surface area contributed by atoms with E-state index in [0.29, 0.717) is 47.6 Å². The van der Waals surface area contributed by atoms with Gasteiger partial charge in [-0.15, -0.1) is 0 Å². The van der Waals surface area contributed by atoms with E-state index in [9.17, 15) is 4.79 Å². The van der Waals surface area contributed by atoms with Gasteiger partial charge in [-0.25, -0.2) is 4.98 Å². The molecule has 0 aliphatic carbocycles. The lowest BCUT2D eigenvalue weighted by molar-refractivity contribution is 0.0755. The molecule has 0 fully saturated rings. The zero-order valence-corrected chi connectivity index (χ0v) is 21.8. The summed E-state index contributed by atoms with van der Waals surface area (Å²) in [5.41, 5.74) is 8.36. The Hall–Kier alpha value is -2.94. The SMILES string of the molecule is CNCC[C@H](Oc1ccc(CN2CCN(C)c3nc(N)ccc3C2=O)c(Cl)c1)c1ccccc1.S. The average molecular weight is 514 g/mol. The van der Waals surface area contributed by atoms with Crippen LogP contribution in [0.4, 0.5) is 11.6 Å². The second kappa shape index (κ2) is 12.2. The van der Waals surface area contributed by atoms with E-state index in [1.165, 1.54) is 0 Å². The number of carbonyl (C=O) groups is 1. The van der Waals surface area contributed by atoms with Gasteiger partial charge in [0.2, 0.25) is 0 Å². The molecular formula is C26H32ClN5O2S. The van der Waals surface area contributed by atoms with Gasteiger partial charge in [0.15, 0.2) is 0 Å². The summed E-state index contributed by atoms with van der Waals surface area (Å²) in [5, 5.41) is 3.75. The Morgan fingerprint density at radius 2 is 1.91 bits per heavy atom. The molecule has 3 aromatic rings. The van der Waals surface area contributed by atoms with Crippen LogP contribution in [0.25, 0.3) is 0 Å². The molecule has 9 heteroatoms. The van der Waals surface area contributed by atoms with Crippen LogP contribution in [-0.4, -0.2) is 49.5 Å². The van der Waals surface area contributed by atoms with Crippen LogP contribution in [0.15, 0.2) is 60.7 Å². The summed E-state index contributed by atoms with van der Waals surface area (Å²) < 4.78 is 6.31. The highest BCUT2D eigenvalue weighted by Crippen LogP contribution is 2.30. The number of likely N-dealkylation sites (N-methyl/N-ethyl adjacent to an activating group) is 1. The zero-order valence-electron chi connectivity index (χ0n) is 20.0. The van der Waals surface area contributed by atoms with Crippen LogP contribution in [0.1, 0.15) is 34.0 Å². The maximum atomic E-state index is 13.2. The van der Waals surface area contributed by atoms with Crippen LogP contribution < -0.4 is 20.7 Å². The minimum atomic E-state index is -0.0882. The number of fused-ring (bicyclic) bond motifs is 1. The number of nitrogens with zero attached hydrogens (tertiary/aromatic N) is 3. The van der Waals surface area contributed by atoms with E-state index < -0.39 is 0 Å². The first-order chi connectivity index (χ1) is 16.5. The minimum absolute atomic E-state index is 0. The van der Waals surface area contributed by atoms with Gasteiger partial charge in [0.05, 0.1) is 5.56 Å². The number of aromatic nitrogens is 1. The van der Waals surface area contributed by atoms with Gasteiger partial charge in [0.25, 0.3) is 5.91 Å².